The summed E-state index contributed by atoms with van der Waals surface area (Å²) in [6, 6.07) is 5.84. The van der Waals surface area contributed by atoms with Gasteiger partial charge in [0.2, 0.25) is 11.8 Å². The summed E-state index contributed by atoms with van der Waals surface area (Å²) in [6.45, 7) is -0.291. The third-order valence-electron chi connectivity index (χ3n) is 2.92. The minimum Gasteiger partial charge on any atom is -0.319 e. The van der Waals surface area contributed by atoms with E-state index in [-0.39, 0.29) is 18.9 Å². The highest BCUT2D eigenvalue weighted by Crippen LogP contribution is 2.27. The van der Waals surface area contributed by atoms with Gasteiger partial charge in [-0.1, -0.05) is 0 Å². The Labute approximate surface area is 117 Å². The second-order valence-electron chi connectivity index (χ2n) is 4.43. The molecule has 0 unspecified atom stereocenters. The molecule has 20 heavy (non-hydrogen) atoms. The van der Waals surface area contributed by atoms with E-state index in [1.807, 2.05) is 0 Å². The van der Waals surface area contributed by atoms with Crippen LogP contribution in [-0.4, -0.2) is 35.7 Å². The zero-order valence-corrected chi connectivity index (χ0v) is 11.0. The fraction of sp³-hybridized carbons (Fsp3) is 0.154. The van der Waals surface area contributed by atoms with E-state index in [1.165, 1.54) is 28.4 Å². The normalized spacial score (nSPS) is 15.6. The van der Waals surface area contributed by atoms with Crippen molar-refractivity contribution in [3.05, 3.63) is 35.0 Å². The number of thiophene rings is 1. The van der Waals surface area contributed by atoms with Gasteiger partial charge in [-0.15, -0.1) is 11.3 Å². The van der Waals surface area contributed by atoms with E-state index >= 15 is 0 Å². The summed E-state index contributed by atoms with van der Waals surface area (Å²) >= 11 is 1.21. The Kier molecular flexibility index (Phi) is 2.98. The standard InChI is InChI=1S/C13H9FN2O3S/c14-8-1-2-9-7(3-8)4-10(20-9)13(19)16-5-11(17)15-12(18)6-16/h1-4H,5-6H2,(H,15,17,18). The lowest BCUT2D eigenvalue weighted by Gasteiger charge is -2.24. The summed E-state index contributed by atoms with van der Waals surface area (Å²) in [5.41, 5.74) is 0. The number of rotatable bonds is 1. The number of amides is 3. The number of hydrogen-bond acceptors (Lipinski definition) is 4. The van der Waals surface area contributed by atoms with Crippen LogP contribution in [0, 0.1) is 5.82 Å². The Balaban J connectivity index is 1.92. The van der Waals surface area contributed by atoms with E-state index in [0.717, 1.165) is 4.70 Å². The maximum atomic E-state index is 13.1. The van der Waals surface area contributed by atoms with Crippen LogP contribution < -0.4 is 5.32 Å². The van der Waals surface area contributed by atoms with Crippen LogP contribution in [0.5, 0.6) is 0 Å². The van der Waals surface area contributed by atoms with Gasteiger partial charge in [-0.2, -0.15) is 0 Å². The molecular formula is C13H9FN2O3S. The van der Waals surface area contributed by atoms with Crippen molar-refractivity contribution in [3.8, 4) is 0 Å². The molecule has 3 amide bonds. The molecule has 2 aromatic rings. The molecule has 3 rings (SSSR count). The van der Waals surface area contributed by atoms with Crippen LogP contribution in [0.25, 0.3) is 10.1 Å². The first-order valence-corrected chi connectivity index (χ1v) is 6.65. The highest BCUT2D eigenvalue weighted by molar-refractivity contribution is 7.20. The van der Waals surface area contributed by atoms with Crippen LogP contribution >= 0.6 is 11.3 Å². The van der Waals surface area contributed by atoms with Gasteiger partial charge in [0.25, 0.3) is 5.91 Å². The lowest BCUT2D eigenvalue weighted by atomic mass is 10.2. The van der Waals surface area contributed by atoms with Crippen LogP contribution in [0.4, 0.5) is 4.39 Å². The smallest absolute Gasteiger partial charge is 0.264 e. The van der Waals surface area contributed by atoms with Crippen molar-refractivity contribution in [2.24, 2.45) is 0 Å². The monoisotopic (exact) mass is 292 g/mol. The molecule has 0 radical (unpaired) electrons. The van der Waals surface area contributed by atoms with Gasteiger partial charge in [-0.05, 0) is 29.7 Å². The van der Waals surface area contributed by atoms with E-state index in [4.69, 9.17) is 0 Å². The van der Waals surface area contributed by atoms with Crippen LogP contribution in [0.1, 0.15) is 9.67 Å². The Bertz CT molecular complexity index is 724. The molecule has 1 N–H and O–H groups in total. The summed E-state index contributed by atoms with van der Waals surface area (Å²) in [5, 5.41) is 2.76. The lowest BCUT2D eigenvalue weighted by Crippen LogP contribution is -2.53. The first-order valence-electron chi connectivity index (χ1n) is 5.84. The van der Waals surface area contributed by atoms with Gasteiger partial charge in [-0.3, -0.25) is 19.7 Å². The molecule has 0 bridgehead atoms. The summed E-state index contributed by atoms with van der Waals surface area (Å²) in [7, 11) is 0. The van der Waals surface area contributed by atoms with Gasteiger partial charge >= 0.3 is 0 Å². The molecule has 5 nitrogen and oxygen atoms in total. The minimum absolute atomic E-state index is 0.146. The zero-order chi connectivity index (χ0) is 14.3. The maximum absolute atomic E-state index is 13.1. The minimum atomic E-state index is -0.498. The first-order chi connectivity index (χ1) is 9.52. The number of piperazine rings is 1. The quantitative estimate of drug-likeness (QED) is 0.802. The number of carbonyl (C=O) groups excluding carboxylic acids is 3. The lowest BCUT2D eigenvalue weighted by molar-refractivity contribution is -0.135. The fourth-order valence-corrected chi connectivity index (χ4v) is 3.07. The number of imide groups is 1. The fourth-order valence-electron chi connectivity index (χ4n) is 2.06. The predicted octanol–water partition coefficient (Wildman–Crippen LogP) is 1.14. The summed E-state index contributed by atoms with van der Waals surface area (Å²) in [5.74, 6) is -1.76. The first kappa shape index (κ1) is 12.7. The number of benzene rings is 1. The van der Waals surface area contributed by atoms with E-state index in [1.54, 1.807) is 12.1 Å². The van der Waals surface area contributed by atoms with Gasteiger partial charge in [0.1, 0.15) is 18.9 Å². The van der Waals surface area contributed by atoms with E-state index in [2.05, 4.69) is 5.32 Å². The van der Waals surface area contributed by atoms with Gasteiger partial charge in [-0.25, -0.2) is 4.39 Å². The van der Waals surface area contributed by atoms with Crippen molar-refractivity contribution < 1.29 is 18.8 Å². The average molecular weight is 292 g/mol. The van der Waals surface area contributed by atoms with Crippen LogP contribution in [0.2, 0.25) is 0 Å². The van der Waals surface area contributed by atoms with Crippen molar-refractivity contribution >= 4 is 39.1 Å². The molecule has 0 spiro atoms. The highest BCUT2D eigenvalue weighted by Gasteiger charge is 2.27. The molecule has 1 fully saturated rings. The molecule has 1 aliphatic rings. The topological polar surface area (TPSA) is 66.5 Å². The van der Waals surface area contributed by atoms with Crippen LogP contribution in [0.3, 0.4) is 0 Å². The summed E-state index contributed by atoms with van der Waals surface area (Å²) in [6.07, 6.45) is 0. The second kappa shape index (κ2) is 4.68. The van der Waals surface area contributed by atoms with Crippen molar-refractivity contribution in [1.29, 1.82) is 0 Å². The predicted molar refractivity (Wildman–Crippen MR) is 70.8 cm³/mol. The SMILES string of the molecule is O=C1CN(C(=O)c2cc3cc(F)ccc3s2)CC(=O)N1. The van der Waals surface area contributed by atoms with Crippen LogP contribution in [-0.2, 0) is 9.59 Å². The number of nitrogens with zero attached hydrogens (tertiary/aromatic N) is 1. The molecular weight excluding hydrogens is 283 g/mol. The Morgan fingerprint density at radius 3 is 2.60 bits per heavy atom. The van der Waals surface area contributed by atoms with E-state index < -0.39 is 17.7 Å². The van der Waals surface area contributed by atoms with Crippen molar-refractivity contribution in [3.63, 3.8) is 0 Å². The molecule has 2 heterocycles. The highest BCUT2D eigenvalue weighted by atomic mass is 32.1. The van der Waals surface area contributed by atoms with E-state index in [0.29, 0.717) is 10.3 Å². The molecule has 1 aromatic carbocycles. The third kappa shape index (κ3) is 2.27. The molecule has 0 saturated carbocycles. The summed E-state index contributed by atoms with van der Waals surface area (Å²) < 4.78 is 13.9. The van der Waals surface area contributed by atoms with Gasteiger partial charge in [0.15, 0.2) is 0 Å². The Morgan fingerprint density at radius 1 is 1.20 bits per heavy atom. The van der Waals surface area contributed by atoms with Crippen molar-refractivity contribution in [2.75, 3.05) is 13.1 Å². The number of halogens is 1. The number of carbonyl (C=O) groups is 3. The van der Waals surface area contributed by atoms with E-state index in [9.17, 15) is 18.8 Å². The van der Waals surface area contributed by atoms with Crippen molar-refractivity contribution in [2.45, 2.75) is 0 Å². The molecule has 1 aliphatic heterocycles. The van der Waals surface area contributed by atoms with Gasteiger partial charge in [0, 0.05) is 4.70 Å². The molecule has 0 aliphatic carbocycles. The molecule has 1 saturated heterocycles. The third-order valence-corrected chi connectivity index (χ3v) is 4.03. The van der Waals surface area contributed by atoms with Gasteiger partial charge < -0.3 is 4.90 Å². The molecule has 102 valence electrons. The number of hydrogen-bond donors (Lipinski definition) is 1. The average Bonchev–Trinajstić information content (AvgIpc) is 2.79. The van der Waals surface area contributed by atoms with Crippen molar-refractivity contribution in [1.82, 2.24) is 10.2 Å². The largest absolute Gasteiger partial charge is 0.319 e. The number of fused-ring (bicyclic) bond motifs is 1. The summed E-state index contributed by atoms with van der Waals surface area (Å²) in [4.78, 5) is 36.3. The molecule has 7 heteroatoms. The van der Waals surface area contributed by atoms with Crippen LogP contribution in [0.15, 0.2) is 24.3 Å². The molecule has 0 atom stereocenters. The van der Waals surface area contributed by atoms with Gasteiger partial charge in [0.05, 0.1) is 4.88 Å². The second-order valence-corrected chi connectivity index (χ2v) is 5.51. The molecule has 1 aromatic heterocycles. The Hall–Kier alpha value is -2.28. The number of nitrogens with one attached hydrogen (secondary N) is 1. The Morgan fingerprint density at radius 2 is 1.90 bits per heavy atom. The zero-order valence-electron chi connectivity index (χ0n) is 10.2. The maximum Gasteiger partial charge on any atom is 0.264 e.